The number of amides is 1. The average molecular weight is 231 g/mol. The van der Waals surface area contributed by atoms with Crippen molar-refractivity contribution >= 4 is 12.1 Å². The number of hydrazone groups is 1. The van der Waals surface area contributed by atoms with Crippen LogP contribution in [0.4, 0.5) is 0 Å². The Balaban J connectivity index is 2.31. The molecule has 3 heteroatoms. The number of carbonyl (C=O) groups is 1. The lowest BCUT2D eigenvalue weighted by atomic mass is 9.85. The summed E-state index contributed by atoms with van der Waals surface area (Å²) in [7, 11) is 0. The van der Waals surface area contributed by atoms with Crippen molar-refractivity contribution < 1.29 is 9.48 Å². The molecule has 1 aliphatic rings. The molecule has 2 rings (SSSR count). The van der Waals surface area contributed by atoms with E-state index in [1.165, 1.54) is 0 Å². The summed E-state index contributed by atoms with van der Waals surface area (Å²) in [6, 6.07) is 10.2. The normalized spacial score (nSPS) is 22.9. The monoisotopic (exact) mass is 231 g/mol. The Morgan fingerprint density at radius 3 is 2.53 bits per heavy atom. The van der Waals surface area contributed by atoms with Gasteiger partial charge in [-0.3, -0.25) is 4.79 Å². The zero-order valence-electron chi connectivity index (χ0n) is 10.6. The quantitative estimate of drug-likeness (QED) is 0.736. The van der Waals surface area contributed by atoms with Gasteiger partial charge in [-0.05, 0) is 12.1 Å². The molecule has 1 aromatic rings. The van der Waals surface area contributed by atoms with Gasteiger partial charge in [0.15, 0.2) is 6.04 Å². The van der Waals surface area contributed by atoms with E-state index in [9.17, 15) is 4.79 Å². The van der Waals surface area contributed by atoms with Gasteiger partial charge >= 0.3 is 0 Å². The molecular formula is C14H19N2O+. The minimum Gasteiger partial charge on any atom is -0.269 e. The maximum Gasteiger partial charge on any atom is 0.281 e. The lowest BCUT2D eigenvalue weighted by Gasteiger charge is -2.20. The molecule has 0 bridgehead atoms. The van der Waals surface area contributed by atoms with E-state index in [1.807, 2.05) is 41.2 Å². The third-order valence-corrected chi connectivity index (χ3v) is 3.06. The van der Waals surface area contributed by atoms with Gasteiger partial charge in [-0.15, -0.1) is 10.1 Å². The minimum atomic E-state index is 0.0738. The summed E-state index contributed by atoms with van der Waals surface area (Å²) in [5, 5.41) is 0. The summed E-state index contributed by atoms with van der Waals surface area (Å²) in [4.78, 5) is 11.5. The van der Waals surface area contributed by atoms with E-state index in [1.54, 1.807) is 0 Å². The van der Waals surface area contributed by atoms with Gasteiger partial charge in [-0.25, -0.2) is 0 Å². The van der Waals surface area contributed by atoms with Gasteiger partial charge in [0.1, 0.15) is 0 Å². The Morgan fingerprint density at radius 2 is 1.94 bits per heavy atom. The second kappa shape index (κ2) is 4.32. The van der Waals surface area contributed by atoms with Crippen molar-refractivity contribution in [1.82, 2.24) is 5.43 Å². The van der Waals surface area contributed by atoms with Crippen molar-refractivity contribution in [2.24, 2.45) is 5.41 Å². The number of nitrogens with zero attached hydrogens (tertiary/aromatic N) is 1. The largest absolute Gasteiger partial charge is 0.281 e. The van der Waals surface area contributed by atoms with Gasteiger partial charge in [0.2, 0.25) is 6.21 Å². The van der Waals surface area contributed by atoms with E-state index in [4.69, 9.17) is 0 Å². The van der Waals surface area contributed by atoms with E-state index < -0.39 is 0 Å². The number of hydrogen-bond acceptors (Lipinski definition) is 1. The van der Waals surface area contributed by atoms with Gasteiger partial charge in [-0.1, -0.05) is 39.0 Å². The zero-order chi connectivity index (χ0) is 12.5. The predicted molar refractivity (Wildman–Crippen MR) is 67.9 cm³/mol. The first-order chi connectivity index (χ1) is 7.97. The molecule has 1 saturated heterocycles. The fourth-order valence-corrected chi connectivity index (χ4v) is 2.09. The van der Waals surface area contributed by atoms with Crippen LogP contribution in [0.25, 0.3) is 0 Å². The molecule has 1 heterocycles. The Labute approximate surface area is 102 Å². The summed E-state index contributed by atoms with van der Waals surface area (Å²) in [6.07, 6.45) is 2.56. The fraction of sp³-hybridized carbons (Fsp3) is 0.429. The molecule has 90 valence electrons. The Morgan fingerprint density at radius 1 is 1.29 bits per heavy atom. The number of hydrazine groups is 1. The van der Waals surface area contributed by atoms with Crippen LogP contribution in [0.3, 0.4) is 0 Å². The first kappa shape index (κ1) is 11.8. The second-order valence-electron chi connectivity index (χ2n) is 5.57. The highest BCUT2D eigenvalue weighted by atomic mass is 16.2. The van der Waals surface area contributed by atoms with Gasteiger partial charge in [0, 0.05) is 11.0 Å². The minimum absolute atomic E-state index is 0.0738. The summed E-state index contributed by atoms with van der Waals surface area (Å²) in [5.41, 5.74) is 4.07. The lowest BCUT2D eigenvalue weighted by molar-refractivity contribution is -0.602. The third-order valence-electron chi connectivity index (χ3n) is 3.06. The van der Waals surface area contributed by atoms with Crippen molar-refractivity contribution in [3.8, 4) is 0 Å². The van der Waals surface area contributed by atoms with Crippen LogP contribution >= 0.6 is 0 Å². The Bertz CT molecular complexity index is 443. The van der Waals surface area contributed by atoms with Crippen molar-refractivity contribution in [3.63, 3.8) is 0 Å². The maximum absolute atomic E-state index is 11.5. The summed E-state index contributed by atoms with van der Waals surface area (Å²) in [5.74, 6) is 0.0945. The second-order valence-corrected chi connectivity index (χ2v) is 5.57. The fourth-order valence-electron chi connectivity index (χ4n) is 2.09. The highest BCUT2D eigenvalue weighted by Crippen LogP contribution is 2.26. The zero-order valence-corrected chi connectivity index (χ0v) is 10.6. The number of nitrogens with one attached hydrogen (secondary N) is 1. The van der Waals surface area contributed by atoms with Crippen molar-refractivity contribution in [2.45, 2.75) is 33.2 Å². The van der Waals surface area contributed by atoms with Crippen molar-refractivity contribution in [1.29, 1.82) is 0 Å². The van der Waals surface area contributed by atoms with E-state index in [2.05, 4.69) is 26.2 Å². The number of benzene rings is 1. The van der Waals surface area contributed by atoms with Crippen LogP contribution in [-0.4, -0.2) is 22.8 Å². The highest BCUT2D eigenvalue weighted by Gasteiger charge is 2.43. The van der Waals surface area contributed by atoms with Crippen LogP contribution in [0.1, 0.15) is 32.8 Å². The molecule has 1 N–H and O–H groups in total. The average Bonchev–Trinajstić information content (AvgIpc) is 2.60. The standard InChI is InChI=1S/C14H18N2O/c1-14(2,3)12-9-13(17)15-16(12)10-11-7-5-4-6-8-11/h4-8,10,12H,9H2,1-3H3/p+1/b16-10-. The first-order valence-corrected chi connectivity index (χ1v) is 5.94. The molecule has 0 aromatic heterocycles. The van der Waals surface area contributed by atoms with Gasteiger partial charge < -0.3 is 0 Å². The Kier molecular flexibility index (Phi) is 3.01. The molecule has 1 unspecified atom stereocenters. The highest BCUT2D eigenvalue weighted by molar-refractivity contribution is 5.80. The molecule has 1 atom stereocenters. The van der Waals surface area contributed by atoms with Crippen molar-refractivity contribution in [2.75, 3.05) is 0 Å². The molecule has 1 aliphatic heterocycles. The van der Waals surface area contributed by atoms with Crippen LogP contribution in [0, 0.1) is 5.41 Å². The summed E-state index contributed by atoms with van der Waals surface area (Å²) < 4.78 is 1.94. The SMILES string of the molecule is CC(C)(C)C1CC(=O)N/[N+]1=C\c1ccccc1. The van der Waals surface area contributed by atoms with Crippen LogP contribution in [-0.2, 0) is 4.79 Å². The molecule has 3 nitrogen and oxygen atoms in total. The van der Waals surface area contributed by atoms with E-state index in [0.717, 1.165) is 5.56 Å². The summed E-state index contributed by atoms with van der Waals surface area (Å²) >= 11 is 0. The van der Waals surface area contributed by atoms with Crippen molar-refractivity contribution in [3.05, 3.63) is 35.9 Å². The van der Waals surface area contributed by atoms with Gasteiger partial charge in [0.25, 0.3) is 5.91 Å². The molecule has 0 radical (unpaired) electrons. The van der Waals surface area contributed by atoms with Gasteiger partial charge in [0.05, 0.1) is 6.42 Å². The first-order valence-electron chi connectivity index (χ1n) is 5.94. The molecule has 17 heavy (non-hydrogen) atoms. The van der Waals surface area contributed by atoms with E-state index in [0.29, 0.717) is 6.42 Å². The number of hydrogen-bond donors (Lipinski definition) is 1. The Hall–Kier alpha value is -1.64. The molecule has 0 spiro atoms. The molecular weight excluding hydrogens is 212 g/mol. The van der Waals surface area contributed by atoms with Crippen LogP contribution in [0.5, 0.6) is 0 Å². The number of rotatable bonds is 1. The lowest BCUT2D eigenvalue weighted by Crippen LogP contribution is -2.37. The predicted octanol–water partition coefficient (Wildman–Crippen LogP) is 1.97. The van der Waals surface area contributed by atoms with E-state index in [-0.39, 0.29) is 17.4 Å². The topological polar surface area (TPSA) is 32.1 Å². The number of carbonyl (C=O) groups excluding carboxylic acids is 1. The van der Waals surface area contributed by atoms with Crippen LogP contribution in [0.2, 0.25) is 0 Å². The molecule has 0 saturated carbocycles. The molecule has 1 amide bonds. The maximum atomic E-state index is 11.5. The van der Waals surface area contributed by atoms with Crippen LogP contribution < -0.4 is 5.43 Å². The van der Waals surface area contributed by atoms with Gasteiger partial charge in [-0.2, -0.15) is 0 Å². The van der Waals surface area contributed by atoms with Crippen LogP contribution in [0.15, 0.2) is 30.3 Å². The molecule has 1 fully saturated rings. The van der Waals surface area contributed by atoms with E-state index >= 15 is 0 Å². The summed E-state index contributed by atoms with van der Waals surface area (Å²) in [6.45, 7) is 6.47. The smallest absolute Gasteiger partial charge is 0.269 e. The third kappa shape index (κ3) is 2.73. The molecule has 0 aliphatic carbocycles. The molecule has 1 aromatic carbocycles.